The molecule has 0 bridgehead atoms. The molecule has 0 aliphatic rings. The highest BCUT2D eigenvalue weighted by Crippen LogP contribution is 2.14. The van der Waals surface area contributed by atoms with Gasteiger partial charge in [0.15, 0.2) is 0 Å². The van der Waals surface area contributed by atoms with Crippen molar-refractivity contribution < 1.29 is 9.84 Å². The van der Waals surface area contributed by atoms with E-state index >= 15 is 0 Å². The normalized spacial score (nSPS) is 17.5. The molecule has 0 fully saturated rings. The lowest BCUT2D eigenvalue weighted by molar-refractivity contribution is -0.0164. The summed E-state index contributed by atoms with van der Waals surface area (Å²) in [7, 11) is 6.00. The molecule has 0 saturated heterocycles. The van der Waals surface area contributed by atoms with Gasteiger partial charge in [-0.05, 0) is 47.1 Å². The second-order valence-electron chi connectivity index (χ2n) is 5.45. The second-order valence-corrected chi connectivity index (χ2v) is 5.45. The van der Waals surface area contributed by atoms with Gasteiger partial charge < -0.3 is 15.2 Å². The molecule has 0 aromatic carbocycles. The van der Waals surface area contributed by atoms with E-state index in [1.807, 2.05) is 19.9 Å². The minimum atomic E-state index is -0.703. The fourth-order valence-electron chi connectivity index (χ4n) is 1.24. The van der Waals surface area contributed by atoms with Gasteiger partial charge in [-0.25, -0.2) is 0 Å². The summed E-state index contributed by atoms with van der Waals surface area (Å²) in [5, 5.41) is 12.8. The molecule has 3 nitrogen and oxygen atoms in total. The number of aliphatic hydroxyl groups is 1. The molecular formula is C13H26BNO2. The third-order valence-electron chi connectivity index (χ3n) is 2.59. The zero-order valence-electron chi connectivity index (χ0n) is 11.6. The Morgan fingerprint density at radius 2 is 2.00 bits per heavy atom. The molecular weight excluding hydrogens is 213 g/mol. The van der Waals surface area contributed by atoms with Crippen molar-refractivity contribution in [3.05, 3.63) is 12.7 Å². The van der Waals surface area contributed by atoms with E-state index in [9.17, 15) is 5.11 Å². The van der Waals surface area contributed by atoms with E-state index < -0.39 is 11.1 Å². The summed E-state index contributed by atoms with van der Waals surface area (Å²) in [6, 6.07) is 0.280. The van der Waals surface area contributed by atoms with Crippen LogP contribution in [0.3, 0.4) is 0 Å². The average molecular weight is 239 g/mol. The molecule has 0 saturated carbocycles. The van der Waals surface area contributed by atoms with Gasteiger partial charge in [0.05, 0.1) is 5.60 Å². The molecule has 98 valence electrons. The van der Waals surface area contributed by atoms with Crippen molar-refractivity contribution in [2.75, 3.05) is 13.2 Å². The van der Waals surface area contributed by atoms with Gasteiger partial charge in [-0.3, -0.25) is 0 Å². The average Bonchev–Trinajstić information content (AvgIpc) is 2.14. The predicted molar refractivity (Wildman–Crippen MR) is 73.3 cm³/mol. The first-order chi connectivity index (χ1) is 7.66. The first-order valence-corrected chi connectivity index (χ1v) is 6.17. The summed E-state index contributed by atoms with van der Waals surface area (Å²) >= 11 is 0. The Labute approximate surface area is 107 Å². The topological polar surface area (TPSA) is 41.5 Å². The van der Waals surface area contributed by atoms with Gasteiger partial charge >= 0.3 is 0 Å². The summed E-state index contributed by atoms with van der Waals surface area (Å²) in [6.07, 6.45) is 3.15. The Kier molecular flexibility index (Phi) is 7.06. The van der Waals surface area contributed by atoms with E-state index in [0.29, 0.717) is 13.0 Å². The molecule has 2 N–H and O–H groups in total. The Balaban J connectivity index is 3.76. The van der Waals surface area contributed by atoms with Crippen LogP contribution in [0.2, 0.25) is 0 Å². The van der Waals surface area contributed by atoms with Gasteiger partial charge in [0, 0.05) is 18.1 Å². The van der Waals surface area contributed by atoms with E-state index in [1.165, 1.54) is 0 Å². The van der Waals surface area contributed by atoms with Crippen LogP contribution in [0.25, 0.3) is 0 Å². The molecule has 0 aromatic heterocycles. The van der Waals surface area contributed by atoms with Crippen molar-refractivity contribution in [3.8, 4) is 0 Å². The van der Waals surface area contributed by atoms with Crippen LogP contribution in [0, 0.1) is 0 Å². The smallest absolute Gasteiger partial charge is 0.113 e. The minimum Gasteiger partial charge on any atom is -0.390 e. The maximum absolute atomic E-state index is 9.55. The lowest BCUT2D eigenvalue weighted by Crippen LogP contribution is -2.37. The van der Waals surface area contributed by atoms with Crippen molar-refractivity contribution in [2.45, 2.75) is 57.7 Å². The third kappa shape index (κ3) is 10.6. The number of nitrogens with one attached hydrogen (secondary N) is 1. The van der Waals surface area contributed by atoms with Gasteiger partial charge in [0.1, 0.15) is 7.85 Å². The number of hydrogen-bond acceptors (Lipinski definition) is 3. The van der Waals surface area contributed by atoms with Crippen molar-refractivity contribution in [1.82, 2.24) is 5.32 Å². The molecule has 2 unspecified atom stereocenters. The maximum Gasteiger partial charge on any atom is 0.113 e. The van der Waals surface area contributed by atoms with Crippen LogP contribution in [0.5, 0.6) is 0 Å². The van der Waals surface area contributed by atoms with Crippen molar-refractivity contribution >= 4 is 7.85 Å². The Morgan fingerprint density at radius 3 is 2.47 bits per heavy atom. The summed E-state index contributed by atoms with van der Waals surface area (Å²) in [5.41, 5.74) is -1.36. The molecule has 0 heterocycles. The van der Waals surface area contributed by atoms with Crippen molar-refractivity contribution in [1.29, 1.82) is 0 Å². The fraction of sp³-hybridized carbons (Fsp3) is 0.846. The SMILES string of the molecule is [B]C(C)(CCNC(C)C=C)OCCC(C)(C)O. The molecule has 0 rings (SSSR count). The molecule has 2 radical (unpaired) electrons. The van der Waals surface area contributed by atoms with Gasteiger partial charge in [0.2, 0.25) is 0 Å². The first-order valence-electron chi connectivity index (χ1n) is 6.17. The quantitative estimate of drug-likeness (QED) is 0.474. The fourth-order valence-corrected chi connectivity index (χ4v) is 1.24. The summed E-state index contributed by atoms with van der Waals surface area (Å²) in [5.74, 6) is 0. The van der Waals surface area contributed by atoms with E-state index in [-0.39, 0.29) is 6.04 Å². The summed E-state index contributed by atoms with van der Waals surface area (Å²) in [6.45, 7) is 12.4. The van der Waals surface area contributed by atoms with Crippen LogP contribution >= 0.6 is 0 Å². The van der Waals surface area contributed by atoms with Gasteiger partial charge in [-0.15, -0.1) is 6.58 Å². The lowest BCUT2D eigenvalue weighted by Gasteiger charge is -2.28. The monoisotopic (exact) mass is 239 g/mol. The molecule has 0 aliphatic carbocycles. The standard InChI is InChI=1S/C13H26BNO2/c1-6-11(2)15-9-7-13(5,14)17-10-8-12(3,4)16/h6,11,15-16H,1,7-10H2,2-5H3. The number of ether oxygens (including phenoxy) is 1. The molecule has 0 amide bonds. The van der Waals surface area contributed by atoms with Gasteiger partial charge in [-0.1, -0.05) is 6.08 Å². The lowest BCUT2D eigenvalue weighted by atomic mass is 9.80. The zero-order chi connectivity index (χ0) is 13.5. The second kappa shape index (κ2) is 7.19. The molecule has 4 heteroatoms. The van der Waals surface area contributed by atoms with Crippen molar-refractivity contribution in [2.24, 2.45) is 0 Å². The highest BCUT2D eigenvalue weighted by Gasteiger charge is 2.19. The highest BCUT2D eigenvalue weighted by atomic mass is 16.5. The Bertz CT molecular complexity index is 224. The van der Waals surface area contributed by atoms with Crippen molar-refractivity contribution in [3.63, 3.8) is 0 Å². The van der Waals surface area contributed by atoms with E-state index in [4.69, 9.17) is 12.6 Å². The van der Waals surface area contributed by atoms with E-state index in [1.54, 1.807) is 13.8 Å². The van der Waals surface area contributed by atoms with Crippen LogP contribution in [0.1, 0.15) is 40.5 Å². The summed E-state index contributed by atoms with van der Waals surface area (Å²) < 4.78 is 5.57. The van der Waals surface area contributed by atoms with Crippen LogP contribution < -0.4 is 5.32 Å². The third-order valence-corrected chi connectivity index (χ3v) is 2.59. The van der Waals surface area contributed by atoms with Crippen LogP contribution in [-0.4, -0.2) is 43.2 Å². The Morgan fingerprint density at radius 1 is 1.41 bits per heavy atom. The van der Waals surface area contributed by atoms with E-state index in [2.05, 4.69) is 11.9 Å². The first kappa shape index (κ1) is 16.7. The number of rotatable bonds is 9. The van der Waals surface area contributed by atoms with E-state index in [0.717, 1.165) is 13.0 Å². The largest absolute Gasteiger partial charge is 0.390 e. The molecule has 17 heavy (non-hydrogen) atoms. The molecule has 0 aromatic rings. The minimum absolute atomic E-state index is 0.280. The highest BCUT2D eigenvalue weighted by molar-refractivity contribution is 6.14. The maximum atomic E-state index is 9.55. The zero-order valence-corrected chi connectivity index (χ0v) is 11.6. The Hall–Kier alpha value is -0.315. The molecule has 0 aliphatic heterocycles. The predicted octanol–water partition coefficient (Wildman–Crippen LogP) is 1.60. The van der Waals surface area contributed by atoms with Crippen LogP contribution in [-0.2, 0) is 4.74 Å². The number of hydrogen-bond donors (Lipinski definition) is 2. The van der Waals surface area contributed by atoms with Crippen LogP contribution in [0.4, 0.5) is 0 Å². The summed E-state index contributed by atoms with van der Waals surface area (Å²) in [4.78, 5) is 0. The van der Waals surface area contributed by atoms with Gasteiger partial charge in [0.25, 0.3) is 0 Å². The van der Waals surface area contributed by atoms with Gasteiger partial charge in [-0.2, -0.15) is 0 Å². The van der Waals surface area contributed by atoms with Crippen LogP contribution in [0.15, 0.2) is 12.7 Å². The molecule has 0 spiro atoms. The molecule has 2 atom stereocenters.